The van der Waals surface area contributed by atoms with Crippen LogP contribution in [-0.4, -0.2) is 94.8 Å². The van der Waals surface area contributed by atoms with E-state index in [4.69, 9.17) is 28.2 Å². The van der Waals surface area contributed by atoms with E-state index in [2.05, 4.69) is 90.4 Å². The third kappa shape index (κ3) is 12.2. The van der Waals surface area contributed by atoms with E-state index in [0.717, 1.165) is 45.1 Å². The molecule has 0 bridgehead atoms. The highest BCUT2D eigenvalue weighted by atomic mass is 31.2. The number of fused-ring (bicyclic) bond motifs is 1. The van der Waals surface area contributed by atoms with Crippen molar-refractivity contribution in [3.05, 3.63) is 174 Å². The summed E-state index contributed by atoms with van der Waals surface area (Å²) in [5, 5.41) is 2.97. The first-order valence-electron chi connectivity index (χ1n) is 23.5. The third-order valence-electron chi connectivity index (χ3n) is 11.8. The molecular formula is C55H65N8O6P. The van der Waals surface area contributed by atoms with Crippen molar-refractivity contribution in [1.29, 1.82) is 0 Å². The molecule has 0 aliphatic heterocycles. The van der Waals surface area contributed by atoms with Gasteiger partial charge in [-0.05, 0) is 109 Å². The van der Waals surface area contributed by atoms with Crippen molar-refractivity contribution in [2.24, 2.45) is 0 Å². The van der Waals surface area contributed by atoms with Crippen molar-refractivity contribution >= 4 is 43.4 Å². The van der Waals surface area contributed by atoms with Crippen LogP contribution in [0.3, 0.4) is 0 Å². The van der Waals surface area contributed by atoms with Crippen LogP contribution in [0.1, 0.15) is 81.1 Å². The molecule has 4 aromatic carbocycles. The molecule has 15 heteroatoms. The predicted molar refractivity (Wildman–Crippen MR) is 279 cm³/mol. The highest BCUT2D eigenvalue weighted by Crippen LogP contribution is 2.47. The molecule has 0 radical (unpaired) electrons. The predicted octanol–water partition coefficient (Wildman–Crippen LogP) is 11.2. The number of nitrogens with zero attached hydrogens (tertiary/aromatic N) is 7. The lowest BCUT2D eigenvalue weighted by atomic mass is 9.80. The normalized spacial score (nSPS) is 12.7. The molecule has 14 nitrogen and oxygen atoms in total. The van der Waals surface area contributed by atoms with E-state index >= 15 is 0 Å². The number of imidazole rings is 1. The van der Waals surface area contributed by atoms with Gasteiger partial charge in [-0.2, -0.15) is 0 Å². The molecule has 366 valence electrons. The second-order valence-electron chi connectivity index (χ2n) is 18.4. The van der Waals surface area contributed by atoms with E-state index in [1.165, 1.54) is 6.33 Å². The quantitative estimate of drug-likeness (QED) is 0.0511. The van der Waals surface area contributed by atoms with Crippen LogP contribution >= 0.6 is 8.53 Å². The fraction of sp³-hybridized carbons (Fsp3) is 0.327. The van der Waals surface area contributed by atoms with E-state index in [9.17, 15) is 4.79 Å². The zero-order valence-electron chi connectivity index (χ0n) is 41.9. The van der Waals surface area contributed by atoms with Crippen LogP contribution in [0.5, 0.6) is 11.5 Å². The zero-order valence-corrected chi connectivity index (χ0v) is 42.8. The molecule has 1 unspecified atom stereocenters. The summed E-state index contributed by atoms with van der Waals surface area (Å²) in [6, 6.07) is 39.7. The van der Waals surface area contributed by atoms with Crippen molar-refractivity contribution < 1.29 is 28.1 Å². The maximum Gasteiger partial charge on any atom is 0.259 e. The van der Waals surface area contributed by atoms with Crippen molar-refractivity contribution in [3.8, 4) is 11.5 Å². The van der Waals surface area contributed by atoms with Crippen molar-refractivity contribution in [3.63, 3.8) is 0 Å². The Labute approximate surface area is 413 Å². The third-order valence-corrected chi connectivity index (χ3v) is 13.9. The summed E-state index contributed by atoms with van der Waals surface area (Å²) in [6.45, 7) is 16.2. The van der Waals surface area contributed by atoms with Crippen LogP contribution in [-0.2, 0) is 24.8 Å². The number of hydrogen-bond acceptors (Lipinski definition) is 12. The Balaban J connectivity index is 1.28. The number of amides is 1. The Bertz CT molecular complexity index is 2730. The standard InChI is InChI=1S/C55H65N8O6P/c1-39(2)63(40(3)4)70(68-33-32-61(8)49-18-14-15-31-56-49)69-36-41(34-62-38-59-50-51(57-37-58-52(50)62)60-53(64)42-19-21-43(22-20-42)54(5,6)7)35-67-55(44-16-12-11-13-17-44,45-23-27-47(65-9)28-24-45)46-25-29-48(66-10)30-26-46/h11-31,34,37-40H,32-33,35-36H2,1-10H3,(H,57,58,60,64)/b41-34+. The molecule has 7 rings (SSSR count). The number of ether oxygens (including phenoxy) is 3. The molecule has 70 heavy (non-hydrogen) atoms. The Morgan fingerprint density at radius 1 is 0.714 bits per heavy atom. The molecule has 0 spiro atoms. The molecule has 1 atom stereocenters. The monoisotopic (exact) mass is 964 g/mol. The Hall–Kier alpha value is -6.54. The van der Waals surface area contributed by atoms with Crippen LogP contribution < -0.4 is 19.7 Å². The van der Waals surface area contributed by atoms with E-state index in [1.807, 2.05) is 127 Å². The summed E-state index contributed by atoms with van der Waals surface area (Å²) in [4.78, 5) is 34.0. The number of anilines is 2. The van der Waals surface area contributed by atoms with Crippen molar-refractivity contribution in [1.82, 2.24) is 29.2 Å². The molecular weight excluding hydrogens is 900 g/mol. The molecule has 1 N–H and O–H groups in total. The second kappa shape index (κ2) is 23.4. The summed E-state index contributed by atoms with van der Waals surface area (Å²) in [5.74, 6) is 2.28. The summed E-state index contributed by atoms with van der Waals surface area (Å²) in [7, 11) is 3.71. The Morgan fingerprint density at radius 2 is 1.31 bits per heavy atom. The van der Waals surface area contributed by atoms with Gasteiger partial charge in [-0.3, -0.25) is 9.36 Å². The zero-order chi connectivity index (χ0) is 49.8. The topological polar surface area (TPSA) is 138 Å². The number of aromatic nitrogens is 5. The van der Waals surface area contributed by atoms with E-state index in [1.54, 1.807) is 26.7 Å². The SMILES string of the molecule is COc1ccc(C(OC/C(=C\n2cnc3c(NC(=O)c4ccc(C(C)(C)C)cc4)ncnc32)COP(OCCN(C)c2ccccn2)N(C(C)C)C(C)C)(c2ccccc2)c2ccc(OC)cc2)cc1. The average molecular weight is 965 g/mol. The van der Waals surface area contributed by atoms with Crippen molar-refractivity contribution in [2.75, 3.05) is 57.8 Å². The summed E-state index contributed by atoms with van der Waals surface area (Å²) in [6.07, 6.45) is 6.79. The summed E-state index contributed by atoms with van der Waals surface area (Å²) in [5.41, 5.74) is 4.78. The van der Waals surface area contributed by atoms with Crippen LogP contribution in [0, 0.1) is 0 Å². The van der Waals surface area contributed by atoms with E-state index in [0.29, 0.717) is 29.9 Å². The van der Waals surface area contributed by atoms with E-state index in [-0.39, 0.29) is 42.4 Å². The molecule has 3 heterocycles. The number of benzene rings is 4. The minimum atomic E-state index is -1.60. The summed E-state index contributed by atoms with van der Waals surface area (Å²) >= 11 is 0. The molecule has 7 aromatic rings. The fourth-order valence-electron chi connectivity index (χ4n) is 8.16. The van der Waals surface area contributed by atoms with Gasteiger partial charge in [0.1, 0.15) is 35.6 Å². The number of carbonyl (C=O) groups excluding carboxylic acids is 1. The van der Waals surface area contributed by atoms with Crippen molar-refractivity contribution in [2.45, 2.75) is 71.6 Å². The molecule has 0 fully saturated rings. The fourth-order valence-corrected chi connectivity index (χ4v) is 9.77. The lowest BCUT2D eigenvalue weighted by Gasteiger charge is -2.37. The highest BCUT2D eigenvalue weighted by molar-refractivity contribution is 7.44. The van der Waals surface area contributed by atoms with Gasteiger partial charge in [0.25, 0.3) is 14.4 Å². The number of likely N-dealkylation sites (N-methyl/N-ethyl adjacent to an activating group) is 1. The first kappa shape index (κ1) is 51.3. The molecule has 0 aliphatic carbocycles. The number of hydrogen-bond donors (Lipinski definition) is 1. The van der Waals surface area contributed by atoms with Gasteiger partial charge in [-0.25, -0.2) is 24.6 Å². The minimum Gasteiger partial charge on any atom is -0.497 e. The van der Waals surface area contributed by atoms with Gasteiger partial charge >= 0.3 is 0 Å². The maximum atomic E-state index is 13.6. The minimum absolute atomic E-state index is 0.0494. The molecule has 0 saturated carbocycles. The van der Waals surface area contributed by atoms with Crippen LogP contribution in [0.2, 0.25) is 0 Å². The maximum absolute atomic E-state index is 13.6. The Morgan fingerprint density at radius 3 is 1.89 bits per heavy atom. The number of carbonyl (C=O) groups is 1. The lowest BCUT2D eigenvalue weighted by molar-refractivity contribution is 0.0247. The number of nitrogens with one attached hydrogen (secondary N) is 1. The van der Waals surface area contributed by atoms with Gasteiger partial charge in [0, 0.05) is 43.6 Å². The van der Waals surface area contributed by atoms with Gasteiger partial charge in [0.2, 0.25) is 0 Å². The van der Waals surface area contributed by atoms with E-state index < -0.39 is 14.1 Å². The summed E-state index contributed by atoms with van der Waals surface area (Å²) < 4.78 is 36.4. The first-order chi connectivity index (χ1) is 33.7. The Kier molecular flexibility index (Phi) is 17.1. The van der Waals surface area contributed by atoms with Gasteiger partial charge in [0.05, 0.1) is 34.0 Å². The highest BCUT2D eigenvalue weighted by Gasteiger charge is 2.38. The van der Waals surface area contributed by atoms with Crippen LogP contribution in [0.4, 0.5) is 11.6 Å². The number of pyridine rings is 1. The van der Waals surface area contributed by atoms with Crippen LogP contribution in [0.15, 0.2) is 146 Å². The second-order valence-corrected chi connectivity index (χ2v) is 19.9. The van der Waals surface area contributed by atoms with Gasteiger partial charge < -0.3 is 33.5 Å². The first-order valence-corrected chi connectivity index (χ1v) is 24.6. The molecule has 1 amide bonds. The molecule has 0 saturated heterocycles. The van der Waals surface area contributed by atoms with Gasteiger partial charge in [0.15, 0.2) is 17.0 Å². The largest absolute Gasteiger partial charge is 0.497 e. The van der Waals surface area contributed by atoms with Gasteiger partial charge in [-0.1, -0.05) is 93.6 Å². The lowest BCUT2D eigenvalue weighted by Crippen LogP contribution is -2.35. The number of methoxy groups -OCH3 is 2. The van der Waals surface area contributed by atoms with Crippen LogP contribution in [0.25, 0.3) is 17.4 Å². The van der Waals surface area contributed by atoms with Gasteiger partial charge in [-0.15, -0.1) is 0 Å². The average Bonchev–Trinajstić information content (AvgIpc) is 3.79. The molecule has 3 aromatic heterocycles. The number of rotatable bonds is 22. The smallest absolute Gasteiger partial charge is 0.259 e. The molecule has 0 aliphatic rings.